The third-order valence-electron chi connectivity index (χ3n) is 15.7. The summed E-state index contributed by atoms with van der Waals surface area (Å²) in [6, 6.07) is -0.541. The Kier molecular flexibility index (Phi) is 63.0. The Morgan fingerprint density at radius 3 is 1.05 bits per heavy atom. The van der Waals surface area contributed by atoms with Crippen LogP contribution in [-0.2, 0) is 14.3 Å². The van der Waals surface area contributed by atoms with E-state index in [0.717, 1.165) is 51.4 Å². The lowest BCUT2D eigenvalue weighted by Gasteiger charge is -2.22. The summed E-state index contributed by atoms with van der Waals surface area (Å²) in [6.45, 7) is 4.94. The second-order valence-electron chi connectivity index (χ2n) is 23.1. The topological polar surface area (TPSA) is 95.9 Å². The number of carbonyl (C=O) groups excluding carboxylic acids is 2. The molecule has 6 nitrogen and oxygen atoms in total. The molecule has 0 aliphatic rings. The van der Waals surface area contributed by atoms with Crippen molar-refractivity contribution in [3.63, 3.8) is 0 Å². The first kappa shape index (κ1) is 73.1. The van der Waals surface area contributed by atoms with Crippen molar-refractivity contribution in [2.45, 2.75) is 379 Å². The number of unbranched alkanes of at least 4 members (excludes halogenated alkanes) is 46. The van der Waals surface area contributed by atoms with Crippen molar-refractivity contribution in [3.8, 4) is 0 Å². The summed E-state index contributed by atoms with van der Waals surface area (Å²) < 4.78 is 5.49. The van der Waals surface area contributed by atoms with Crippen LogP contribution in [0.25, 0.3) is 0 Å². The van der Waals surface area contributed by atoms with Crippen LogP contribution in [0.5, 0.6) is 0 Å². The van der Waals surface area contributed by atoms with E-state index in [0.29, 0.717) is 25.9 Å². The van der Waals surface area contributed by atoms with Crippen molar-refractivity contribution in [3.05, 3.63) is 36.5 Å². The van der Waals surface area contributed by atoms with Gasteiger partial charge in [0.1, 0.15) is 0 Å². The van der Waals surface area contributed by atoms with Crippen LogP contribution in [-0.4, -0.2) is 47.4 Å². The van der Waals surface area contributed by atoms with Crippen molar-refractivity contribution in [2.75, 3.05) is 13.2 Å². The van der Waals surface area contributed by atoms with E-state index in [4.69, 9.17) is 4.74 Å². The molecule has 0 bridgehead atoms. The Hall–Kier alpha value is -1.92. The monoisotopic (exact) mass is 1050 g/mol. The SMILES string of the molecule is CCCCC/C=C\C/C=C\CCCCCCCCCC(=O)OCCCCCCCCCCCCCC/C=C\CCCCCCCCCCCCCCC(=O)NC(CO)C(O)CCCCCCCCCCCCCCC. The van der Waals surface area contributed by atoms with Crippen LogP contribution < -0.4 is 5.32 Å². The molecule has 75 heavy (non-hydrogen) atoms. The summed E-state index contributed by atoms with van der Waals surface area (Å²) in [4.78, 5) is 24.6. The van der Waals surface area contributed by atoms with E-state index >= 15 is 0 Å². The lowest BCUT2D eigenvalue weighted by atomic mass is 10.0. The lowest BCUT2D eigenvalue weighted by Crippen LogP contribution is -2.45. The minimum atomic E-state index is -0.663. The van der Waals surface area contributed by atoms with Crippen LogP contribution in [0.1, 0.15) is 367 Å². The molecule has 3 N–H and O–H groups in total. The predicted octanol–water partition coefficient (Wildman–Crippen LogP) is 21.5. The molecular weight excluding hydrogens is 923 g/mol. The van der Waals surface area contributed by atoms with E-state index in [2.05, 4.69) is 55.6 Å². The summed E-state index contributed by atoms with van der Waals surface area (Å²) in [5.41, 5.74) is 0. The molecule has 0 saturated carbocycles. The Balaban J connectivity index is 3.36. The Morgan fingerprint density at radius 1 is 0.373 bits per heavy atom. The summed E-state index contributed by atoms with van der Waals surface area (Å²) in [5, 5.41) is 23.3. The van der Waals surface area contributed by atoms with Crippen molar-refractivity contribution < 1.29 is 24.5 Å². The molecule has 0 saturated heterocycles. The minimum absolute atomic E-state index is 0.00828. The molecule has 0 aromatic rings. The highest BCUT2D eigenvalue weighted by atomic mass is 16.5. The molecule has 2 atom stereocenters. The minimum Gasteiger partial charge on any atom is -0.466 e. The molecule has 0 heterocycles. The van der Waals surface area contributed by atoms with Gasteiger partial charge < -0.3 is 20.3 Å². The molecule has 0 aliphatic heterocycles. The molecule has 1 amide bonds. The van der Waals surface area contributed by atoms with Crippen molar-refractivity contribution in [1.82, 2.24) is 5.32 Å². The largest absolute Gasteiger partial charge is 0.466 e. The molecule has 0 radical (unpaired) electrons. The van der Waals surface area contributed by atoms with Gasteiger partial charge in [0, 0.05) is 12.8 Å². The molecule has 0 aromatic carbocycles. The number of ether oxygens (including phenoxy) is 1. The van der Waals surface area contributed by atoms with E-state index in [1.807, 2.05) is 0 Å². The number of allylic oxidation sites excluding steroid dienone is 6. The number of aliphatic hydroxyl groups is 2. The highest BCUT2D eigenvalue weighted by molar-refractivity contribution is 5.76. The van der Waals surface area contributed by atoms with Crippen LogP contribution in [0, 0.1) is 0 Å². The second kappa shape index (κ2) is 64.6. The van der Waals surface area contributed by atoms with Crippen LogP contribution in [0.15, 0.2) is 36.5 Å². The van der Waals surface area contributed by atoms with Gasteiger partial charge in [-0.1, -0.05) is 307 Å². The zero-order valence-corrected chi connectivity index (χ0v) is 50.5. The second-order valence-corrected chi connectivity index (χ2v) is 23.1. The maximum atomic E-state index is 12.5. The number of amides is 1. The molecule has 6 heteroatoms. The zero-order chi connectivity index (χ0) is 54.3. The standard InChI is InChI=1S/C69H131NO5/c1-3-5-7-9-11-13-15-17-18-31-35-39-43-47-51-55-59-63-69(74)75-64-60-56-52-48-44-40-36-33-30-28-26-24-22-20-19-21-23-25-27-29-32-34-38-42-46-50-54-58-62-68(73)70-66(65-71)67(72)61-57-53-49-45-41-37-16-14-12-10-8-6-4-2/h11,13,17-20,66-67,71-72H,3-10,12,14-16,21-65H2,1-2H3,(H,70,73)/b13-11-,18-17-,20-19-. The maximum Gasteiger partial charge on any atom is 0.305 e. The fourth-order valence-electron chi connectivity index (χ4n) is 10.5. The van der Waals surface area contributed by atoms with Gasteiger partial charge in [-0.2, -0.15) is 0 Å². The predicted molar refractivity (Wildman–Crippen MR) is 329 cm³/mol. The summed E-state index contributed by atoms with van der Waals surface area (Å²) in [7, 11) is 0. The van der Waals surface area contributed by atoms with Gasteiger partial charge in [-0.05, 0) is 83.5 Å². The molecule has 0 aliphatic carbocycles. The summed E-state index contributed by atoms with van der Waals surface area (Å²) in [5.74, 6) is -0.0254. The van der Waals surface area contributed by atoms with Crippen molar-refractivity contribution >= 4 is 11.9 Å². The number of carbonyl (C=O) groups is 2. The van der Waals surface area contributed by atoms with Gasteiger partial charge in [0.15, 0.2) is 0 Å². The average molecular weight is 1050 g/mol. The van der Waals surface area contributed by atoms with Crippen molar-refractivity contribution in [1.29, 1.82) is 0 Å². The quantitative estimate of drug-likeness (QED) is 0.0320. The summed E-state index contributed by atoms with van der Waals surface area (Å²) in [6.07, 6.45) is 81.8. The van der Waals surface area contributed by atoms with E-state index in [1.54, 1.807) is 0 Å². The van der Waals surface area contributed by atoms with Gasteiger partial charge >= 0.3 is 5.97 Å². The molecule has 0 spiro atoms. The highest BCUT2D eigenvalue weighted by Gasteiger charge is 2.20. The average Bonchev–Trinajstić information content (AvgIpc) is 3.41. The number of hydrogen-bond donors (Lipinski definition) is 3. The van der Waals surface area contributed by atoms with E-state index in [9.17, 15) is 19.8 Å². The highest BCUT2D eigenvalue weighted by Crippen LogP contribution is 2.18. The molecule has 2 unspecified atom stereocenters. The van der Waals surface area contributed by atoms with E-state index < -0.39 is 12.1 Å². The molecule has 0 rings (SSSR count). The van der Waals surface area contributed by atoms with Crippen LogP contribution in [0.2, 0.25) is 0 Å². The number of rotatable bonds is 63. The van der Waals surface area contributed by atoms with Crippen LogP contribution >= 0.6 is 0 Å². The molecular formula is C69H131NO5. The van der Waals surface area contributed by atoms with Gasteiger partial charge in [0.25, 0.3) is 0 Å². The number of hydrogen-bond acceptors (Lipinski definition) is 5. The third kappa shape index (κ3) is 61.2. The Morgan fingerprint density at radius 2 is 0.667 bits per heavy atom. The molecule has 0 aromatic heterocycles. The van der Waals surface area contributed by atoms with Gasteiger partial charge in [0.05, 0.1) is 25.4 Å². The number of nitrogens with one attached hydrogen (secondary N) is 1. The normalized spacial score (nSPS) is 12.7. The smallest absolute Gasteiger partial charge is 0.305 e. The van der Waals surface area contributed by atoms with Crippen LogP contribution in [0.4, 0.5) is 0 Å². The Labute approximate surface area is 468 Å². The lowest BCUT2D eigenvalue weighted by molar-refractivity contribution is -0.143. The van der Waals surface area contributed by atoms with Crippen molar-refractivity contribution in [2.24, 2.45) is 0 Å². The number of esters is 1. The molecule has 442 valence electrons. The number of aliphatic hydroxyl groups excluding tert-OH is 2. The zero-order valence-electron chi connectivity index (χ0n) is 50.5. The van der Waals surface area contributed by atoms with Crippen LogP contribution in [0.3, 0.4) is 0 Å². The first-order chi connectivity index (χ1) is 37.0. The molecule has 0 fully saturated rings. The fourth-order valence-corrected chi connectivity index (χ4v) is 10.5. The van der Waals surface area contributed by atoms with E-state index in [1.165, 1.54) is 283 Å². The summed E-state index contributed by atoms with van der Waals surface area (Å²) >= 11 is 0. The van der Waals surface area contributed by atoms with Gasteiger partial charge in [-0.25, -0.2) is 0 Å². The first-order valence-corrected chi connectivity index (χ1v) is 33.7. The van der Waals surface area contributed by atoms with Gasteiger partial charge in [0.2, 0.25) is 5.91 Å². The first-order valence-electron chi connectivity index (χ1n) is 33.7. The fraction of sp³-hybridized carbons (Fsp3) is 0.884. The third-order valence-corrected chi connectivity index (χ3v) is 15.7. The van der Waals surface area contributed by atoms with Gasteiger partial charge in [-0.3, -0.25) is 9.59 Å². The van der Waals surface area contributed by atoms with Gasteiger partial charge in [-0.15, -0.1) is 0 Å². The van der Waals surface area contributed by atoms with E-state index in [-0.39, 0.29) is 18.5 Å². The maximum absolute atomic E-state index is 12.5. The Bertz CT molecular complexity index is 1210.